The molecular weight excluding hydrogens is 408 g/mol. The molecule has 3 aromatic rings. The number of amides is 1. The maximum atomic E-state index is 12.2. The van der Waals surface area contributed by atoms with Crippen molar-refractivity contribution in [2.75, 3.05) is 5.75 Å². The Morgan fingerprint density at radius 1 is 1.16 bits per heavy atom. The zero-order chi connectivity index (χ0) is 22.1. The SMILES string of the molecule is C=CCn1c(COc2ccc(C(C)C)cc2)nnc1SCC(=O)NCc1ccccc1. The van der Waals surface area contributed by atoms with Crippen LogP contribution < -0.4 is 10.1 Å². The largest absolute Gasteiger partial charge is 0.486 e. The highest BCUT2D eigenvalue weighted by atomic mass is 32.2. The number of rotatable bonds is 11. The lowest BCUT2D eigenvalue weighted by molar-refractivity contribution is -0.118. The second kappa shape index (κ2) is 11.4. The van der Waals surface area contributed by atoms with Gasteiger partial charge in [0.05, 0.1) is 5.75 Å². The number of hydrogen-bond donors (Lipinski definition) is 1. The van der Waals surface area contributed by atoms with E-state index >= 15 is 0 Å². The van der Waals surface area contributed by atoms with Crippen molar-refractivity contribution in [3.8, 4) is 5.75 Å². The first-order valence-electron chi connectivity index (χ1n) is 10.3. The van der Waals surface area contributed by atoms with Crippen LogP contribution >= 0.6 is 11.8 Å². The molecule has 3 rings (SSSR count). The van der Waals surface area contributed by atoms with Gasteiger partial charge in [-0.15, -0.1) is 16.8 Å². The molecule has 0 atom stereocenters. The fourth-order valence-electron chi connectivity index (χ4n) is 2.92. The van der Waals surface area contributed by atoms with E-state index < -0.39 is 0 Å². The van der Waals surface area contributed by atoms with Crippen LogP contribution in [0.15, 0.2) is 72.4 Å². The number of aromatic nitrogens is 3. The van der Waals surface area contributed by atoms with Gasteiger partial charge in [0.15, 0.2) is 11.0 Å². The van der Waals surface area contributed by atoms with Crippen molar-refractivity contribution in [2.24, 2.45) is 0 Å². The monoisotopic (exact) mass is 436 g/mol. The molecule has 6 nitrogen and oxygen atoms in total. The van der Waals surface area contributed by atoms with Gasteiger partial charge >= 0.3 is 0 Å². The van der Waals surface area contributed by atoms with Crippen molar-refractivity contribution >= 4 is 17.7 Å². The fraction of sp³-hybridized carbons (Fsp3) is 0.292. The summed E-state index contributed by atoms with van der Waals surface area (Å²) in [4.78, 5) is 12.2. The van der Waals surface area contributed by atoms with Crippen LogP contribution in [0.5, 0.6) is 5.75 Å². The molecule has 1 aromatic heterocycles. The molecule has 0 saturated heterocycles. The van der Waals surface area contributed by atoms with Crippen molar-refractivity contribution in [3.05, 3.63) is 84.2 Å². The normalized spacial score (nSPS) is 10.8. The van der Waals surface area contributed by atoms with Gasteiger partial charge in [0, 0.05) is 13.1 Å². The Kier molecular flexibility index (Phi) is 8.29. The van der Waals surface area contributed by atoms with E-state index in [4.69, 9.17) is 4.74 Å². The first kappa shape index (κ1) is 22.6. The molecule has 0 unspecified atom stereocenters. The van der Waals surface area contributed by atoms with Gasteiger partial charge in [-0.25, -0.2) is 0 Å². The predicted molar refractivity (Wildman–Crippen MR) is 124 cm³/mol. The number of carbonyl (C=O) groups is 1. The standard InChI is InChI=1S/C24H28N4O2S/c1-4-14-28-22(16-30-21-12-10-20(11-13-21)18(2)3)26-27-24(28)31-17-23(29)25-15-19-8-6-5-7-9-19/h4-13,18H,1,14-17H2,2-3H3,(H,25,29). The molecule has 0 aliphatic heterocycles. The maximum Gasteiger partial charge on any atom is 0.230 e. The summed E-state index contributed by atoms with van der Waals surface area (Å²) in [5, 5.41) is 12.1. The van der Waals surface area contributed by atoms with Crippen molar-refractivity contribution < 1.29 is 9.53 Å². The van der Waals surface area contributed by atoms with Crippen LogP contribution in [0, 0.1) is 0 Å². The third kappa shape index (κ3) is 6.72. The summed E-state index contributed by atoms with van der Waals surface area (Å²) in [5.74, 6) is 2.17. The summed E-state index contributed by atoms with van der Waals surface area (Å²) >= 11 is 1.35. The number of thioether (sulfide) groups is 1. The lowest BCUT2D eigenvalue weighted by Gasteiger charge is -2.10. The van der Waals surface area contributed by atoms with Gasteiger partial charge in [0.25, 0.3) is 0 Å². The van der Waals surface area contributed by atoms with Crippen LogP contribution in [-0.2, 0) is 24.5 Å². The number of benzene rings is 2. The number of ether oxygens (including phenoxy) is 1. The predicted octanol–water partition coefficient (Wildman–Crippen LogP) is 4.58. The maximum absolute atomic E-state index is 12.2. The Bertz CT molecular complexity index is 985. The quantitative estimate of drug-likeness (QED) is 0.352. The summed E-state index contributed by atoms with van der Waals surface area (Å²) in [6.45, 7) is 9.49. The van der Waals surface area contributed by atoms with E-state index in [0.717, 1.165) is 11.3 Å². The topological polar surface area (TPSA) is 69.0 Å². The van der Waals surface area contributed by atoms with Crippen LogP contribution in [0.3, 0.4) is 0 Å². The molecule has 0 radical (unpaired) electrons. The van der Waals surface area contributed by atoms with Gasteiger partial charge in [-0.3, -0.25) is 9.36 Å². The van der Waals surface area contributed by atoms with Gasteiger partial charge in [-0.05, 0) is 29.2 Å². The second-order valence-electron chi connectivity index (χ2n) is 7.36. The Balaban J connectivity index is 1.55. The summed E-state index contributed by atoms with van der Waals surface area (Å²) in [7, 11) is 0. The number of hydrogen-bond acceptors (Lipinski definition) is 5. The minimum absolute atomic E-state index is 0.0509. The summed E-state index contributed by atoms with van der Waals surface area (Å²) in [6, 6.07) is 17.9. The summed E-state index contributed by atoms with van der Waals surface area (Å²) < 4.78 is 7.82. The Labute approximate surface area is 187 Å². The fourth-order valence-corrected chi connectivity index (χ4v) is 3.72. The number of allylic oxidation sites excluding steroid dienone is 1. The Hall–Kier alpha value is -3.06. The molecule has 1 heterocycles. The third-order valence-electron chi connectivity index (χ3n) is 4.68. The molecule has 1 amide bonds. The van der Waals surface area contributed by atoms with Gasteiger partial charge < -0.3 is 10.1 Å². The van der Waals surface area contributed by atoms with Crippen molar-refractivity contribution in [3.63, 3.8) is 0 Å². The van der Waals surface area contributed by atoms with E-state index in [1.165, 1.54) is 17.3 Å². The highest BCUT2D eigenvalue weighted by molar-refractivity contribution is 7.99. The minimum Gasteiger partial charge on any atom is -0.486 e. The molecule has 0 spiro atoms. The lowest BCUT2D eigenvalue weighted by Crippen LogP contribution is -2.24. The lowest BCUT2D eigenvalue weighted by atomic mass is 10.0. The smallest absolute Gasteiger partial charge is 0.230 e. The zero-order valence-electron chi connectivity index (χ0n) is 18.0. The highest BCUT2D eigenvalue weighted by Gasteiger charge is 2.14. The van der Waals surface area contributed by atoms with Gasteiger partial charge in [0.1, 0.15) is 12.4 Å². The molecule has 0 fully saturated rings. The van der Waals surface area contributed by atoms with Gasteiger partial charge in [0.2, 0.25) is 5.91 Å². The average Bonchev–Trinajstić information content (AvgIpc) is 3.17. The number of carbonyl (C=O) groups excluding carboxylic acids is 1. The average molecular weight is 437 g/mol. The molecule has 162 valence electrons. The molecule has 0 aliphatic rings. The van der Waals surface area contributed by atoms with E-state index in [-0.39, 0.29) is 11.7 Å². The molecule has 0 saturated carbocycles. The molecule has 1 N–H and O–H groups in total. The molecule has 2 aromatic carbocycles. The molecule has 0 bridgehead atoms. The first-order valence-corrected chi connectivity index (χ1v) is 11.2. The van der Waals surface area contributed by atoms with Crippen molar-refractivity contribution in [2.45, 2.75) is 44.6 Å². The Morgan fingerprint density at radius 3 is 2.58 bits per heavy atom. The Morgan fingerprint density at radius 2 is 1.90 bits per heavy atom. The highest BCUT2D eigenvalue weighted by Crippen LogP contribution is 2.21. The molecule has 31 heavy (non-hydrogen) atoms. The molecular formula is C24H28N4O2S. The number of nitrogens with one attached hydrogen (secondary N) is 1. The zero-order valence-corrected chi connectivity index (χ0v) is 18.8. The summed E-state index contributed by atoms with van der Waals surface area (Å²) in [5.41, 5.74) is 2.34. The van der Waals surface area contributed by atoms with Crippen LogP contribution in [0.1, 0.15) is 36.7 Å². The van der Waals surface area contributed by atoms with Crippen LogP contribution in [0.2, 0.25) is 0 Å². The number of nitrogens with zero attached hydrogens (tertiary/aromatic N) is 3. The minimum atomic E-state index is -0.0509. The van der Waals surface area contributed by atoms with Gasteiger partial charge in [-0.1, -0.05) is 74.1 Å². The van der Waals surface area contributed by atoms with E-state index in [1.54, 1.807) is 6.08 Å². The summed E-state index contributed by atoms with van der Waals surface area (Å²) in [6.07, 6.45) is 1.78. The molecule has 0 aliphatic carbocycles. The first-order chi connectivity index (χ1) is 15.1. The molecule has 7 heteroatoms. The van der Waals surface area contributed by atoms with E-state index in [1.807, 2.05) is 47.0 Å². The van der Waals surface area contributed by atoms with Crippen LogP contribution in [-0.4, -0.2) is 26.4 Å². The van der Waals surface area contributed by atoms with E-state index in [9.17, 15) is 4.79 Å². The van der Waals surface area contributed by atoms with Crippen molar-refractivity contribution in [1.82, 2.24) is 20.1 Å². The third-order valence-corrected chi connectivity index (χ3v) is 5.65. The van der Waals surface area contributed by atoms with E-state index in [2.05, 4.69) is 48.1 Å². The van der Waals surface area contributed by atoms with Crippen molar-refractivity contribution in [1.29, 1.82) is 0 Å². The van der Waals surface area contributed by atoms with Crippen LogP contribution in [0.25, 0.3) is 0 Å². The van der Waals surface area contributed by atoms with E-state index in [0.29, 0.717) is 36.6 Å². The van der Waals surface area contributed by atoms with Crippen LogP contribution in [0.4, 0.5) is 0 Å². The second-order valence-corrected chi connectivity index (χ2v) is 8.30. The van der Waals surface area contributed by atoms with Gasteiger partial charge in [-0.2, -0.15) is 0 Å².